The van der Waals surface area contributed by atoms with E-state index in [0.29, 0.717) is 10.0 Å². The van der Waals surface area contributed by atoms with Gasteiger partial charge < -0.3 is 19.7 Å². The molecule has 2 N–H and O–H groups in total. The highest BCUT2D eigenvalue weighted by Crippen LogP contribution is 2.15. The molecule has 2 amide bonds. The van der Waals surface area contributed by atoms with E-state index in [9.17, 15) is 19.2 Å². The van der Waals surface area contributed by atoms with Crippen LogP contribution in [0.2, 0.25) is 0 Å². The molecule has 10 nitrogen and oxygen atoms in total. The van der Waals surface area contributed by atoms with E-state index in [4.69, 9.17) is 19.7 Å². The van der Waals surface area contributed by atoms with E-state index < -0.39 is 48.4 Å². The van der Waals surface area contributed by atoms with Crippen LogP contribution in [0.25, 0.3) is 0 Å². The molecule has 0 spiro atoms. The van der Waals surface area contributed by atoms with Gasteiger partial charge in [0, 0.05) is 0 Å². The third-order valence-corrected chi connectivity index (χ3v) is 2.07. The highest BCUT2D eigenvalue weighted by molar-refractivity contribution is 5.82. The number of amides is 2. The summed E-state index contributed by atoms with van der Waals surface area (Å²) in [6.07, 6.45) is -2.37. The second kappa shape index (κ2) is 7.84. The van der Waals surface area contributed by atoms with Gasteiger partial charge in [-0.2, -0.15) is 0 Å². The van der Waals surface area contributed by atoms with Crippen LogP contribution in [-0.2, 0) is 19.1 Å². The summed E-state index contributed by atoms with van der Waals surface area (Å²) in [4.78, 5) is 46.4. The number of nitrogens with zero attached hydrogens (tertiary/aromatic N) is 2. The molecule has 0 aliphatic rings. The average Bonchev–Trinajstić information content (AvgIpc) is 2.28. The molecular weight excluding hydrogens is 324 g/mol. The molecule has 138 valence electrons. The van der Waals surface area contributed by atoms with E-state index in [1.807, 2.05) is 0 Å². The summed E-state index contributed by atoms with van der Waals surface area (Å²) >= 11 is 0. The molecule has 0 aliphatic heterocycles. The zero-order valence-electron chi connectivity index (χ0n) is 14.7. The van der Waals surface area contributed by atoms with Gasteiger partial charge in [-0.05, 0) is 41.5 Å². The number of carbonyl (C=O) groups is 4. The lowest BCUT2D eigenvalue weighted by Crippen LogP contribution is -2.55. The number of hydrogen-bond donors (Lipinski definition) is 2. The Morgan fingerprint density at radius 3 is 1.12 bits per heavy atom. The fraction of sp³-hybridized carbons (Fsp3) is 0.714. The Morgan fingerprint density at radius 2 is 0.958 bits per heavy atom. The average molecular weight is 348 g/mol. The molecule has 0 aliphatic carbocycles. The van der Waals surface area contributed by atoms with Crippen LogP contribution in [0.4, 0.5) is 9.59 Å². The van der Waals surface area contributed by atoms with Crippen LogP contribution in [0.1, 0.15) is 41.5 Å². The molecule has 0 saturated heterocycles. The van der Waals surface area contributed by atoms with Crippen LogP contribution in [0, 0.1) is 0 Å². The molecule has 0 aromatic rings. The SMILES string of the molecule is CC(C)(C)OC(=O)N(CC(=O)O)N(CC(=O)O)C(=O)OC(C)(C)C. The number of aliphatic carboxylic acids is 2. The third-order valence-electron chi connectivity index (χ3n) is 2.07. The van der Waals surface area contributed by atoms with Gasteiger partial charge >= 0.3 is 24.1 Å². The van der Waals surface area contributed by atoms with Gasteiger partial charge in [0.25, 0.3) is 0 Å². The van der Waals surface area contributed by atoms with Crippen LogP contribution in [0.5, 0.6) is 0 Å². The lowest BCUT2D eigenvalue weighted by molar-refractivity contribution is -0.149. The molecule has 0 bridgehead atoms. The van der Waals surface area contributed by atoms with Crippen molar-refractivity contribution in [3.8, 4) is 0 Å². The molecule has 0 rings (SSSR count). The molecule has 0 saturated carbocycles. The minimum absolute atomic E-state index is 0.385. The normalized spacial score (nSPS) is 11.4. The van der Waals surface area contributed by atoms with Crippen LogP contribution < -0.4 is 0 Å². The van der Waals surface area contributed by atoms with Crippen LogP contribution in [0.15, 0.2) is 0 Å². The predicted octanol–water partition coefficient (Wildman–Crippen LogP) is 1.54. The van der Waals surface area contributed by atoms with E-state index >= 15 is 0 Å². The first-order valence-corrected chi connectivity index (χ1v) is 7.07. The zero-order chi connectivity index (χ0) is 19.3. The molecule has 10 heteroatoms. The Bertz CT molecular complexity index is 458. The number of hydrazine groups is 1. The van der Waals surface area contributed by atoms with Gasteiger partial charge in [0.15, 0.2) is 0 Å². The first-order valence-electron chi connectivity index (χ1n) is 7.07. The number of carboxylic acids is 2. The van der Waals surface area contributed by atoms with Gasteiger partial charge in [-0.1, -0.05) is 0 Å². The van der Waals surface area contributed by atoms with Gasteiger partial charge in [-0.15, -0.1) is 0 Å². The van der Waals surface area contributed by atoms with Crippen LogP contribution in [0.3, 0.4) is 0 Å². The second-order valence-corrected chi connectivity index (χ2v) is 6.86. The fourth-order valence-corrected chi connectivity index (χ4v) is 1.38. The molecule has 0 aromatic heterocycles. The largest absolute Gasteiger partial charge is 0.480 e. The molecule has 0 aromatic carbocycles. The predicted molar refractivity (Wildman–Crippen MR) is 81.2 cm³/mol. The molecule has 0 fully saturated rings. The summed E-state index contributed by atoms with van der Waals surface area (Å²) in [5.41, 5.74) is -1.95. The van der Waals surface area contributed by atoms with Crippen molar-refractivity contribution in [1.82, 2.24) is 10.0 Å². The van der Waals surface area contributed by atoms with Crippen molar-refractivity contribution in [2.75, 3.05) is 13.1 Å². The molecule has 0 radical (unpaired) electrons. The fourth-order valence-electron chi connectivity index (χ4n) is 1.38. The van der Waals surface area contributed by atoms with Gasteiger partial charge in [0.1, 0.15) is 24.3 Å². The number of hydrogen-bond acceptors (Lipinski definition) is 6. The number of carbonyl (C=O) groups excluding carboxylic acids is 2. The summed E-state index contributed by atoms with van der Waals surface area (Å²) in [5, 5.41) is 18.7. The Hall–Kier alpha value is -2.52. The van der Waals surface area contributed by atoms with Crippen molar-refractivity contribution in [3.05, 3.63) is 0 Å². The van der Waals surface area contributed by atoms with Crippen molar-refractivity contribution >= 4 is 24.1 Å². The van der Waals surface area contributed by atoms with Gasteiger partial charge in [0.2, 0.25) is 0 Å². The van der Waals surface area contributed by atoms with Crippen molar-refractivity contribution in [2.45, 2.75) is 52.7 Å². The molecular formula is C14H24N2O8. The van der Waals surface area contributed by atoms with E-state index in [1.165, 1.54) is 0 Å². The number of ether oxygens (including phenoxy) is 2. The Labute approximate surface area is 139 Å². The Morgan fingerprint density at radius 1 is 0.708 bits per heavy atom. The summed E-state index contributed by atoms with van der Waals surface area (Å²) in [6.45, 7) is 7.30. The first-order chi connectivity index (χ1) is 10.6. The summed E-state index contributed by atoms with van der Waals surface area (Å²) in [6, 6.07) is 0. The Kier molecular flexibility index (Phi) is 7.02. The first kappa shape index (κ1) is 21.5. The van der Waals surface area contributed by atoms with Crippen molar-refractivity contribution in [3.63, 3.8) is 0 Å². The topological polar surface area (TPSA) is 134 Å². The van der Waals surface area contributed by atoms with Gasteiger partial charge in [0.05, 0.1) is 0 Å². The highest BCUT2D eigenvalue weighted by Gasteiger charge is 2.35. The minimum Gasteiger partial charge on any atom is -0.480 e. The lowest BCUT2D eigenvalue weighted by Gasteiger charge is -2.34. The Balaban J connectivity index is 5.63. The van der Waals surface area contributed by atoms with E-state index in [1.54, 1.807) is 41.5 Å². The molecule has 0 heterocycles. The number of rotatable bonds is 4. The summed E-state index contributed by atoms with van der Waals surface area (Å²) < 4.78 is 10.0. The number of carboxylic acid groups (broad SMARTS) is 2. The quantitative estimate of drug-likeness (QED) is 0.731. The van der Waals surface area contributed by atoms with Crippen molar-refractivity contribution in [2.24, 2.45) is 0 Å². The van der Waals surface area contributed by atoms with E-state index in [-0.39, 0.29) is 0 Å². The third kappa shape index (κ3) is 8.81. The van der Waals surface area contributed by atoms with Gasteiger partial charge in [-0.3, -0.25) is 9.59 Å². The molecule has 0 atom stereocenters. The van der Waals surface area contributed by atoms with Gasteiger partial charge in [-0.25, -0.2) is 19.6 Å². The van der Waals surface area contributed by atoms with E-state index in [0.717, 1.165) is 0 Å². The highest BCUT2D eigenvalue weighted by atomic mass is 16.6. The lowest BCUT2D eigenvalue weighted by atomic mass is 10.2. The minimum atomic E-state index is -1.46. The van der Waals surface area contributed by atoms with Crippen molar-refractivity contribution in [1.29, 1.82) is 0 Å². The standard InChI is InChI=1S/C14H24N2O8/c1-13(2,3)23-11(21)15(7-9(17)18)16(8-10(19)20)12(22)24-14(4,5)6/h7-8H2,1-6H3,(H,17,18)(H,19,20). The maximum absolute atomic E-state index is 12.2. The molecule has 0 unspecified atom stereocenters. The summed E-state index contributed by atoms with van der Waals surface area (Å²) in [7, 11) is 0. The maximum Gasteiger partial charge on any atom is 0.430 e. The zero-order valence-corrected chi connectivity index (χ0v) is 14.7. The smallest absolute Gasteiger partial charge is 0.430 e. The maximum atomic E-state index is 12.2. The van der Waals surface area contributed by atoms with Crippen molar-refractivity contribution < 1.29 is 38.9 Å². The van der Waals surface area contributed by atoms with Crippen LogP contribution >= 0.6 is 0 Å². The van der Waals surface area contributed by atoms with Crippen LogP contribution in [-0.4, -0.2) is 68.6 Å². The summed E-state index contributed by atoms with van der Waals surface area (Å²) in [5.74, 6) is -2.92. The van der Waals surface area contributed by atoms with E-state index in [2.05, 4.69) is 0 Å². The second-order valence-electron chi connectivity index (χ2n) is 6.86. The monoisotopic (exact) mass is 348 g/mol. The molecule has 24 heavy (non-hydrogen) atoms.